The van der Waals surface area contributed by atoms with Crippen molar-refractivity contribution in [1.29, 1.82) is 0 Å². The molecule has 2 rings (SSSR count). The first-order chi connectivity index (χ1) is 7.40. The van der Waals surface area contributed by atoms with E-state index in [2.05, 4.69) is 32.1 Å². The second-order valence-corrected chi connectivity index (χ2v) is 2.92. The number of nitrogens with one attached hydrogen (secondary N) is 2. The van der Waals surface area contributed by atoms with E-state index in [0.29, 0.717) is 18.3 Å². The number of pyridine rings is 1. The Kier molecular flexibility index (Phi) is 2.73. The lowest BCUT2D eigenvalue weighted by atomic mass is 10.3. The molecule has 0 spiro atoms. The van der Waals surface area contributed by atoms with E-state index in [4.69, 9.17) is 0 Å². The van der Waals surface area contributed by atoms with Gasteiger partial charge in [-0.15, -0.1) is 11.7 Å². The minimum absolute atomic E-state index is 0.564. The Bertz CT molecular complexity index is 434. The monoisotopic (exact) mass is 201 g/mol. The standard InChI is InChI=1S/C10H11N5/c1-2-5-12-10-13-9(14-15-10)8-4-3-6-11-7-8/h2-4,6-7H,1,5H2,(H2,12,13,14,15). The zero-order valence-electron chi connectivity index (χ0n) is 8.14. The molecular weight excluding hydrogens is 190 g/mol. The van der Waals surface area contributed by atoms with Gasteiger partial charge in [-0.05, 0) is 12.1 Å². The largest absolute Gasteiger partial charge is 0.349 e. The third-order valence-electron chi connectivity index (χ3n) is 1.82. The van der Waals surface area contributed by atoms with E-state index in [9.17, 15) is 0 Å². The Balaban J connectivity index is 2.17. The van der Waals surface area contributed by atoms with Crippen molar-refractivity contribution < 1.29 is 0 Å². The lowest BCUT2D eigenvalue weighted by Crippen LogP contribution is -1.99. The predicted octanol–water partition coefficient (Wildman–Crippen LogP) is 1.46. The molecule has 0 aliphatic heterocycles. The van der Waals surface area contributed by atoms with Gasteiger partial charge in [0.15, 0.2) is 5.82 Å². The van der Waals surface area contributed by atoms with Crippen LogP contribution in [0.25, 0.3) is 11.4 Å². The number of H-pyrrole nitrogens is 1. The van der Waals surface area contributed by atoms with Gasteiger partial charge in [-0.2, -0.15) is 4.98 Å². The summed E-state index contributed by atoms with van der Waals surface area (Å²) in [4.78, 5) is 8.26. The van der Waals surface area contributed by atoms with Gasteiger partial charge in [0.05, 0.1) is 0 Å². The Morgan fingerprint density at radius 3 is 3.20 bits per heavy atom. The van der Waals surface area contributed by atoms with Crippen LogP contribution in [0.15, 0.2) is 37.2 Å². The molecule has 0 radical (unpaired) electrons. The van der Waals surface area contributed by atoms with Crippen molar-refractivity contribution in [1.82, 2.24) is 20.2 Å². The lowest BCUT2D eigenvalue weighted by molar-refractivity contribution is 1.08. The van der Waals surface area contributed by atoms with Crippen LogP contribution in [-0.2, 0) is 0 Å². The maximum Gasteiger partial charge on any atom is 0.242 e. The SMILES string of the molecule is C=CCNc1n[nH]c(-c2cccnc2)n1. The van der Waals surface area contributed by atoms with E-state index in [1.807, 2.05) is 12.1 Å². The highest BCUT2D eigenvalue weighted by atomic mass is 15.3. The quantitative estimate of drug-likeness (QED) is 0.735. The summed E-state index contributed by atoms with van der Waals surface area (Å²) < 4.78 is 0. The van der Waals surface area contributed by atoms with Crippen LogP contribution in [0.4, 0.5) is 5.95 Å². The molecule has 5 nitrogen and oxygen atoms in total. The molecule has 2 heterocycles. The molecule has 0 atom stereocenters. The smallest absolute Gasteiger partial charge is 0.242 e. The second-order valence-electron chi connectivity index (χ2n) is 2.92. The fourth-order valence-electron chi connectivity index (χ4n) is 1.14. The molecule has 5 heteroatoms. The summed E-state index contributed by atoms with van der Waals surface area (Å²) in [7, 11) is 0. The van der Waals surface area contributed by atoms with Crippen LogP contribution in [-0.4, -0.2) is 26.7 Å². The van der Waals surface area contributed by atoms with Crippen molar-refractivity contribution in [3.05, 3.63) is 37.2 Å². The predicted molar refractivity (Wildman–Crippen MR) is 58.3 cm³/mol. The molecule has 15 heavy (non-hydrogen) atoms. The normalized spacial score (nSPS) is 9.87. The highest BCUT2D eigenvalue weighted by molar-refractivity contribution is 5.54. The summed E-state index contributed by atoms with van der Waals surface area (Å²) in [6, 6.07) is 3.78. The van der Waals surface area contributed by atoms with E-state index < -0.39 is 0 Å². The molecule has 0 fully saturated rings. The lowest BCUT2D eigenvalue weighted by Gasteiger charge is -1.94. The molecule has 0 bridgehead atoms. The summed E-state index contributed by atoms with van der Waals surface area (Å²) >= 11 is 0. The van der Waals surface area contributed by atoms with Crippen LogP contribution in [0.1, 0.15) is 0 Å². The summed E-state index contributed by atoms with van der Waals surface area (Å²) in [5.41, 5.74) is 0.914. The molecule has 0 aliphatic carbocycles. The molecule has 0 saturated heterocycles. The van der Waals surface area contributed by atoms with E-state index in [-0.39, 0.29) is 0 Å². The average molecular weight is 201 g/mol. The van der Waals surface area contributed by atoms with Gasteiger partial charge in [0.1, 0.15) is 0 Å². The summed E-state index contributed by atoms with van der Waals surface area (Å²) in [6.45, 7) is 4.25. The number of rotatable bonds is 4. The van der Waals surface area contributed by atoms with E-state index >= 15 is 0 Å². The zero-order valence-corrected chi connectivity index (χ0v) is 8.14. The molecule has 0 aliphatic rings. The number of aromatic nitrogens is 4. The Hall–Kier alpha value is -2.17. The first-order valence-electron chi connectivity index (χ1n) is 4.57. The third kappa shape index (κ3) is 2.19. The van der Waals surface area contributed by atoms with Crippen molar-refractivity contribution in [2.24, 2.45) is 0 Å². The fraction of sp³-hybridized carbons (Fsp3) is 0.100. The summed E-state index contributed by atoms with van der Waals surface area (Å²) in [5, 5.41) is 9.83. The van der Waals surface area contributed by atoms with Crippen molar-refractivity contribution >= 4 is 5.95 Å². The minimum Gasteiger partial charge on any atom is -0.349 e. The average Bonchev–Trinajstić information content (AvgIpc) is 2.76. The van der Waals surface area contributed by atoms with Crippen LogP contribution in [0.5, 0.6) is 0 Å². The van der Waals surface area contributed by atoms with Crippen molar-refractivity contribution in [2.45, 2.75) is 0 Å². The first-order valence-corrected chi connectivity index (χ1v) is 4.57. The van der Waals surface area contributed by atoms with E-state index in [1.165, 1.54) is 0 Å². The number of anilines is 1. The highest BCUT2D eigenvalue weighted by Crippen LogP contribution is 2.13. The van der Waals surface area contributed by atoms with Crippen LogP contribution in [0.3, 0.4) is 0 Å². The maximum atomic E-state index is 4.25. The van der Waals surface area contributed by atoms with E-state index in [1.54, 1.807) is 18.5 Å². The van der Waals surface area contributed by atoms with Gasteiger partial charge in [0.25, 0.3) is 0 Å². The molecule has 0 aromatic carbocycles. The van der Waals surface area contributed by atoms with Gasteiger partial charge in [-0.25, -0.2) is 0 Å². The second kappa shape index (κ2) is 4.36. The molecule has 0 unspecified atom stereocenters. The maximum absolute atomic E-state index is 4.25. The van der Waals surface area contributed by atoms with Gasteiger partial charge in [-0.1, -0.05) is 6.08 Å². The number of nitrogens with zero attached hydrogens (tertiary/aromatic N) is 3. The van der Waals surface area contributed by atoms with Crippen LogP contribution >= 0.6 is 0 Å². The number of hydrogen-bond donors (Lipinski definition) is 2. The first kappa shape index (κ1) is 9.39. The molecule has 0 saturated carbocycles. The minimum atomic E-state index is 0.564. The van der Waals surface area contributed by atoms with Crippen LogP contribution < -0.4 is 5.32 Å². The Labute approximate surface area is 87.3 Å². The van der Waals surface area contributed by atoms with Gasteiger partial charge in [0.2, 0.25) is 5.95 Å². The summed E-state index contributed by atoms with van der Waals surface area (Å²) in [6.07, 6.45) is 5.20. The van der Waals surface area contributed by atoms with Crippen molar-refractivity contribution in [3.8, 4) is 11.4 Å². The summed E-state index contributed by atoms with van der Waals surface area (Å²) in [5.74, 6) is 1.27. The molecule has 76 valence electrons. The van der Waals surface area contributed by atoms with Crippen molar-refractivity contribution in [3.63, 3.8) is 0 Å². The molecule has 2 N–H and O–H groups in total. The van der Waals surface area contributed by atoms with Crippen LogP contribution in [0, 0.1) is 0 Å². The van der Waals surface area contributed by atoms with Gasteiger partial charge < -0.3 is 5.32 Å². The van der Waals surface area contributed by atoms with Gasteiger partial charge in [0, 0.05) is 24.5 Å². The Morgan fingerprint density at radius 1 is 1.53 bits per heavy atom. The topological polar surface area (TPSA) is 66.5 Å². The number of hydrogen-bond acceptors (Lipinski definition) is 4. The molecular formula is C10H11N5. The van der Waals surface area contributed by atoms with Crippen LogP contribution in [0.2, 0.25) is 0 Å². The zero-order chi connectivity index (χ0) is 10.5. The third-order valence-corrected chi connectivity index (χ3v) is 1.82. The van der Waals surface area contributed by atoms with Gasteiger partial charge >= 0.3 is 0 Å². The van der Waals surface area contributed by atoms with Crippen molar-refractivity contribution in [2.75, 3.05) is 11.9 Å². The molecule has 2 aromatic rings. The number of aromatic amines is 1. The highest BCUT2D eigenvalue weighted by Gasteiger charge is 2.03. The molecule has 0 amide bonds. The Morgan fingerprint density at radius 2 is 2.47 bits per heavy atom. The fourth-order valence-corrected chi connectivity index (χ4v) is 1.14. The van der Waals surface area contributed by atoms with Gasteiger partial charge in [-0.3, -0.25) is 10.1 Å². The van der Waals surface area contributed by atoms with E-state index in [0.717, 1.165) is 5.56 Å². The molecule has 2 aromatic heterocycles.